The van der Waals surface area contributed by atoms with Crippen molar-refractivity contribution < 1.29 is 87.2 Å². The van der Waals surface area contributed by atoms with Crippen LogP contribution in [0.5, 0.6) is 5.75 Å². The number of primary amides is 1. The molecule has 1 aromatic carbocycles. The Morgan fingerprint density at radius 3 is 1.82 bits per heavy atom. The number of thioether (sulfide) groups is 2. The molecular formula is C52H83N17O18S4. The van der Waals surface area contributed by atoms with Crippen molar-refractivity contribution >= 4 is 137 Å². The van der Waals surface area contributed by atoms with Gasteiger partial charge in [-0.05, 0) is 81.6 Å². The third kappa shape index (κ3) is 33.8. The second-order valence-corrected chi connectivity index (χ2v) is 23.5. The molecule has 39 heteroatoms. The first-order chi connectivity index (χ1) is 43.3. The monoisotopic (exact) mass is 1360 g/mol. The first-order valence-corrected chi connectivity index (χ1v) is 32.4. The van der Waals surface area contributed by atoms with Crippen LogP contribution in [0.25, 0.3) is 0 Å². The van der Waals surface area contributed by atoms with E-state index in [2.05, 4.69) is 81.2 Å². The zero-order valence-electron chi connectivity index (χ0n) is 49.6. The molecular weight excluding hydrogens is 1280 g/mol. The lowest BCUT2D eigenvalue weighted by Gasteiger charge is -2.25. The van der Waals surface area contributed by atoms with E-state index in [1.54, 1.807) is 0 Å². The fraction of sp³-hybridized carbons (Fsp3) is 0.596. The molecule has 0 radical (unpaired) electrons. The number of aliphatic carboxylic acids is 2. The number of hydrogen-bond acceptors (Lipinski definition) is 24. The van der Waals surface area contributed by atoms with E-state index in [0.29, 0.717) is 50.0 Å². The van der Waals surface area contributed by atoms with Crippen molar-refractivity contribution in [3.05, 3.63) is 29.8 Å². The zero-order chi connectivity index (χ0) is 67.8. The predicted octanol–water partition coefficient (Wildman–Crippen LogP) is -8.42. The maximum Gasteiger partial charge on any atom is 0.327 e. The van der Waals surface area contributed by atoms with Crippen LogP contribution < -0.4 is 91.5 Å². The summed E-state index contributed by atoms with van der Waals surface area (Å²) >= 11 is 6.68. The van der Waals surface area contributed by atoms with Gasteiger partial charge < -0.3 is 102 Å². The maximum absolute atomic E-state index is 13.9. The number of carboxylic acid groups (broad SMARTS) is 2. The summed E-state index contributed by atoms with van der Waals surface area (Å²) in [6, 6.07) is -5.47. The van der Waals surface area contributed by atoms with Crippen LogP contribution in [0.3, 0.4) is 0 Å². The Kier molecular flexibility index (Phi) is 39.0. The lowest BCUT2D eigenvalue weighted by Crippen LogP contribution is -2.58. The molecule has 2 rings (SSSR count). The van der Waals surface area contributed by atoms with Gasteiger partial charge in [-0.2, -0.15) is 24.4 Å². The topological polar surface area (TPSA) is 577 Å². The molecule has 24 N–H and O–H groups in total. The van der Waals surface area contributed by atoms with Crippen LogP contribution in [-0.4, -0.2) is 239 Å². The molecule has 91 heavy (non-hydrogen) atoms. The van der Waals surface area contributed by atoms with Crippen molar-refractivity contribution in [2.24, 2.45) is 22.9 Å². The third-order valence-corrected chi connectivity index (χ3v) is 16.1. The minimum absolute atomic E-state index is 0.000998. The summed E-state index contributed by atoms with van der Waals surface area (Å²) in [5.41, 5.74) is 22.6. The number of carbonyl (C=O) groups excluding carboxylic acids is 13. The van der Waals surface area contributed by atoms with Crippen LogP contribution in [0.15, 0.2) is 24.3 Å². The number of phenols is 1. The van der Waals surface area contributed by atoms with E-state index in [1.807, 2.05) is 0 Å². The van der Waals surface area contributed by atoms with Gasteiger partial charge in [-0.1, -0.05) is 30.5 Å². The number of amides is 13. The van der Waals surface area contributed by atoms with E-state index in [-0.39, 0.29) is 55.4 Å². The molecule has 0 aliphatic carbocycles. The van der Waals surface area contributed by atoms with Gasteiger partial charge in [0.2, 0.25) is 76.8 Å². The van der Waals surface area contributed by atoms with Crippen LogP contribution in [0.1, 0.15) is 56.9 Å². The quantitative estimate of drug-likeness (QED) is 0.0166. The summed E-state index contributed by atoms with van der Waals surface area (Å²) in [6.45, 7) is -2.94. The van der Waals surface area contributed by atoms with Crippen molar-refractivity contribution in [1.82, 2.24) is 68.5 Å². The molecule has 1 saturated heterocycles. The number of hydrogen-bond donors (Lipinski definition) is 21. The van der Waals surface area contributed by atoms with E-state index < -0.39 is 188 Å². The number of nitrogens with two attached hydrogens (primary N) is 4. The Labute approximate surface area is 541 Å². The van der Waals surface area contributed by atoms with Crippen molar-refractivity contribution in [1.29, 1.82) is 0 Å². The molecule has 0 unspecified atom stereocenters. The molecule has 1 aliphatic rings. The minimum atomic E-state index is -1.85. The van der Waals surface area contributed by atoms with Crippen LogP contribution in [-0.2, 0) is 78.3 Å². The SMILES string of the molecule is NCCCC[C@H](NSC[C@H](NC(=O)CNC(=O)CNC(=O)[C@H]1CSCC(=O)N[C@@H](Cc2ccc(O)cc2)C(=O)N[C@H](CSCCCN)C(=O)NCC(=O)N[C@H](CC(=O)O)C(=O)N1)C(=O)NCC(N)=O)C(=O)N[C@@H](CCCCN)C(=O)NCC(=O)N[C@@H](CS)C(=O)O. The highest BCUT2D eigenvalue weighted by atomic mass is 32.2. The van der Waals surface area contributed by atoms with Crippen molar-refractivity contribution in [2.45, 2.75) is 106 Å². The summed E-state index contributed by atoms with van der Waals surface area (Å²) in [5.74, 6) is -15.9. The molecule has 0 spiro atoms. The van der Waals surface area contributed by atoms with Crippen LogP contribution in [0.2, 0.25) is 0 Å². The normalized spacial score (nSPS) is 18.0. The zero-order valence-corrected chi connectivity index (χ0v) is 53.0. The number of carbonyl (C=O) groups is 15. The van der Waals surface area contributed by atoms with Gasteiger partial charge in [0.1, 0.15) is 48.0 Å². The number of phenolic OH excluding ortho intramolecular Hbond substituents is 1. The molecule has 508 valence electrons. The third-order valence-electron chi connectivity index (χ3n) is 12.6. The minimum Gasteiger partial charge on any atom is -0.508 e. The molecule has 0 saturated carbocycles. The molecule has 1 heterocycles. The number of rotatable bonds is 38. The standard InChI is InChI=1S/C52H83N17O18S4/c53-12-3-1-6-30(45(79)60-22-42(75)64-34(23-88)52(86)87)66-49(83)31(7-2-4-13-54)69-91-26-37(48(82)58-18-38(56)71)65-40(73)20-57-39(72)19-59-47(81)36-25-90-27-43(76)63-32(16-28-8-10-29(70)11-9-28)50(84)67-35(24-89-15-5-14-55)46(80)61-21-41(74)62-33(17-44(77)78)51(85)68-36/h8-11,30-37,69-70,88H,1-7,12-27,53-55H2,(H2,56,71)(H,57,72)(H,58,82)(H,59,81)(H,60,79)(H,61,80)(H,62,74)(H,63,76)(H,64,75)(H,65,73)(H,66,83)(H,67,84)(H,68,85)(H,77,78)(H,86,87)/t30-,31-,32-,33+,34-,35+,36+,37-/m0/s1. The molecule has 0 aromatic heterocycles. The Balaban J connectivity index is 2.27. The largest absolute Gasteiger partial charge is 0.508 e. The Morgan fingerprint density at radius 2 is 1.21 bits per heavy atom. The summed E-state index contributed by atoms with van der Waals surface area (Å²) < 4.78 is 2.90. The predicted molar refractivity (Wildman–Crippen MR) is 337 cm³/mol. The van der Waals surface area contributed by atoms with Gasteiger partial charge in [0.15, 0.2) is 0 Å². The Bertz CT molecular complexity index is 2650. The average molecular weight is 1360 g/mol. The average Bonchev–Trinajstić information content (AvgIpc) is 3.10. The number of thiol groups is 1. The Hall–Kier alpha value is -7.69. The van der Waals surface area contributed by atoms with Crippen molar-refractivity contribution in [3.63, 3.8) is 0 Å². The highest BCUT2D eigenvalue weighted by molar-refractivity contribution is 8.00. The van der Waals surface area contributed by atoms with Crippen LogP contribution >= 0.6 is 48.1 Å². The van der Waals surface area contributed by atoms with Crippen LogP contribution in [0, 0.1) is 0 Å². The van der Waals surface area contributed by atoms with E-state index in [4.69, 9.17) is 22.9 Å². The first-order valence-electron chi connectivity index (χ1n) is 28.5. The van der Waals surface area contributed by atoms with Gasteiger partial charge in [-0.15, -0.1) is 11.8 Å². The summed E-state index contributed by atoms with van der Waals surface area (Å²) in [5, 5.41) is 57.1. The smallest absolute Gasteiger partial charge is 0.327 e. The number of carboxylic acids is 2. The lowest BCUT2D eigenvalue weighted by molar-refractivity contribution is -0.141. The number of unbranched alkanes of at least 4 members (excludes halogenated alkanes) is 2. The van der Waals surface area contributed by atoms with Crippen LogP contribution in [0.4, 0.5) is 0 Å². The van der Waals surface area contributed by atoms with Gasteiger partial charge in [-0.25, -0.2) is 4.79 Å². The van der Waals surface area contributed by atoms with Gasteiger partial charge in [0.25, 0.3) is 0 Å². The van der Waals surface area contributed by atoms with E-state index in [9.17, 15) is 87.2 Å². The number of benzene rings is 1. The van der Waals surface area contributed by atoms with Crippen molar-refractivity contribution in [2.75, 3.05) is 86.9 Å². The summed E-state index contributed by atoms with van der Waals surface area (Å²) in [4.78, 5) is 195. The molecule has 13 amide bonds. The maximum atomic E-state index is 13.9. The molecule has 1 aromatic rings. The van der Waals surface area contributed by atoms with Gasteiger partial charge in [0.05, 0.1) is 50.9 Å². The fourth-order valence-corrected chi connectivity index (χ4v) is 10.8. The highest BCUT2D eigenvalue weighted by Crippen LogP contribution is 2.15. The van der Waals surface area contributed by atoms with E-state index >= 15 is 0 Å². The number of aromatic hydroxyl groups is 1. The number of nitrogens with one attached hydrogen (secondary N) is 13. The molecule has 1 fully saturated rings. The van der Waals surface area contributed by atoms with E-state index in [1.165, 1.54) is 36.0 Å². The Morgan fingerprint density at radius 1 is 0.626 bits per heavy atom. The highest BCUT2D eigenvalue weighted by Gasteiger charge is 2.33. The second kappa shape index (κ2) is 44.7. The summed E-state index contributed by atoms with van der Waals surface area (Å²) in [7, 11) is 0. The van der Waals surface area contributed by atoms with Gasteiger partial charge >= 0.3 is 11.9 Å². The van der Waals surface area contributed by atoms with Crippen molar-refractivity contribution in [3.8, 4) is 5.75 Å². The second-order valence-electron chi connectivity index (χ2n) is 20.1. The van der Waals surface area contributed by atoms with E-state index in [0.717, 1.165) is 23.7 Å². The van der Waals surface area contributed by atoms with Gasteiger partial charge in [0, 0.05) is 29.4 Å². The first kappa shape index (κ1) is 79.4. The fourth-order valence-electron chi connectivity index (χ4n) is 7.78. The summed E-state index contributed by atoms with van der Waals surface area (Å²) in [6.07, 6.45) is 1.36. The molecule has 1 aliphatic heterocycles. The lowest BCUT2D eigenvalue weighted by atomic mass is 10.0. The van der Waals surface area contributed by atoms with Gasteiger partial charge in [-0.3, -0.25) is 71.8 Å². The molecule has 8 atom stereocenters. The molecule has 35 nitrogen and oxygen atoms in total. The molecule has 0 bridgehead atoms.